The minimum Gasteiger partial charge on any atom is -0.476 e. The summed E-state index contributed by atoms with van der Waals surface area (Å²) in [7, 11) is 2.17. The number of piperidine rings is 1. The minimum absolute atomic E-state index is 0.0210. The average molecular weight is 249 g/mol. The second kappa shape index (κ2) is 6.16. The Morgan fingerprint density at radius 3 is 3.11 bits per heavy atom. The number of pyridine rings is 1. The van der Waals surface area contributed by atoms with Crippen molar-refractivity contribution in [3.05, 3.63) is 23.9 Å². The Labute approximate surface area is 109 Å². The lowest BCUT2D eigenvalue weighted by atomic mass is 10.0. The third-order valence-electron chi connectivity index (χ3n) is 3.63. The summed E-state index contributed by atoms with van der Waals surface area (Å²) in [5, 5.41) is 0. The molecule has 0 amide bonds. The van der Waals surface area contributed by atoms with Gasteiger partial charge in [-0.1, -0.05) is 6.42 Å². The van der Waals surface area contributed by atoms with Crippen LogP contribution < -0.4 is 10.5 Å². The van der Waals surface area contributed by atoms with Crippen molar-refractivity contribution < 1.29 is 4.74 Å². The number of likely N-dealkylation sites (tertiary alicyclic amines) is 1. The molecular formula is C14H23N3O. The average Bonchev–Trinajstić information content (AvgIpc) is 2.38. The van der Waals surface area contributed by atoms with Crippen molar-refractivity contribution >= 4 is 0 Å². The molecule has 0 spiro atoms. The molecule has 0 aromatic carbocycles. The van der Waals surface area contributed by atoms with E-state index in [-0.39, 0.29) is 6.04 Å². The van der Waals surface area contributed by atoms with Crippen LogP contribution in [0.2, 0.25) is 0 Å². The van der Waals surface area contributed by atoms with Gasteiger partial charge in [-0.2, -0.15) is 0 Å². The van der Waals surface area contributed by atoms with Crippen LogP contribution in [0.15, 0.2) is 18.3 Å². The first-order chi connectivity index (χ1) is 8.66. The molecular weight excluding hydrogens is 226 g/mol. The van der Waals surface area contributed by atoms with E-state index in [2.05, 4.69) is 16.9 Å². The maximum atomic E-state index is 5.85. The number of hydrogen-bond donors (Lipinski definition) is 1. The predicted octanol–water partition coefficient (Wildman–Crippen LogP) is 1.96. The molecule has 4 nitrogen and oxygen atoms in total. The van der Waals surface area contributed by atoms with Gasteiger partial charge in [0.15, 0.2) is 0 Å². The van der Waals surface area contributed by atoms with Crippen molar-refractivity contribution in [2.45, 2.75) is 38.3 Å². The number of likely N-dealkylation sites (N-methyl/N-ethyl adjacent to an activating group) is 1. The van der Waals surface area contributed by atoms with Gasteiger partial charge in [0, 0.05) is 24.3 Å². The molecule has 1 aromatic heterocycles. The highest BCUT2D eigenvalue weighted by Gasteiger charge is 2.19. The first kappa shape index (κ1) is 13.3. The van der Waals surface area contributed by atoms with Gasteiger partial charge in [-0.05, 0) is 45.0 Å². The number of ether oxygens (including phenoxy) is 1. The van der Waals surface area contributed by atoms with Crippen LogP contribution in [0, 0.1) is 0 Å². The lowest BCUT2D eigenvalue weighted by Crippen LogP contribution is -2.40. The molecule has 1 unspecified atom stereocenters. The highest BCUT2D eigenvalue weighted by molar-refractivity contribution is 5.22. The maximum absolute atomic E-state index is 5.85. The first-order valence-electron chi connectivity index (χ1n) is 6.71. The van der Waals surface area contributed by atoms with Crippen LogP contribution in [0.25, 0.3) is 0 Å². The quantitative estimate of drug-likeness (QED) is 0.886. The molecule has 100 valence electrons. The van der Waals surface area contributed by atoms with Crippen LogP contribution in [-0.4, -0.2) is 36.1 Å². The van der Waals surface area contributed by atoms with Crippen molar-refractivity contribution in [3.63, 3.8) is 0 Å². The largest absolute Gasteiger partial charge is 0.476 e. The highest BCUT2D eigenvalue weighted by atomic mass is 16.5. The predicted molar refractivity (Wildman–Crippen MR) is 72.6 cm³/mol. The third kappa shape index (κ3) is 3.43. The molecule has 18 heavy (non-hydrogen) atoms. The molecule has 4 heteroatoms. The monoisotopic (exact) mass is 249 g/mol. The van der Waals surface area contributed by atoms with E-state index in [0.717, 1.165) is 5.56 Å². The highest BCUT2D eigenvalue weighted by Crippen LogP contribution is 2.18. The number of hydrogen-bond acceptors (Lipinski definition) is 4. The van der Waals surface area contributed by atoms with E-state index < -0.39 is 0 Å². The Morgan fingerprint density at radius 2 is 2.39 bits per heavy atom. The Hall–Kier alpha value is -1.13. The van der Waals surface area contributed by atoms with E-state index in [1.807, 2.05) is 19.1 Å². The lowest BCUT2D eigenvalue weighted by Gasteiger charge is -2.31. The normalized spacial score (nSPS) is 22.7. The van der Waals surface area contributed by atoms with E-state index in [4.69, 9.17) is 10.5 Å². The van der Waals surface area contributed by atoms with Gasteiger partial charge in [-0.25, -0.2) is 4.98 Å². The van der Waals surface area contributed by atoms with Gasteiger partial charge in [-0.15, -0.1) is 0 Å². The molecule has 0 saturated carbocycles. The lowest BCUT2D eigenvalue weighted by molar-refractivity contribution is 0.122. The van der Waals surface area contributed by atoms with Crippen molar-refractivity contribution in [2.24, 2.45) is 5.73 Å². The zero-order valence-corrected chi connectivity index (χ0v) is 11.3. The zero-order chi connectivity index (χ0) is 13.0. The topological polar surface area (TPSA) is 51.4 Å². The standard InChI is InChI=1S/C14H23N3O/c1-11(15)12-6-7-16-14(9-12)18-10-13-5-3-4-8-17(13)2/h6-7,9,11,13H,3-5,8,10,15H2,1-2H3/t11-,13?/m1/s1. The molecule has 1 aliphatic rings. The Balaban J connectivity index is 1.91. The van der Waals surface area contributed by atoms with Gasteiger partial charge < -0.3 is 15.4 Å². The van der Waals surface area contributed by atoms with Crippen molar-refractivity contribution in [1.29, 1.82) is 0 Å². The summed E-state index contributed by atoms with van der Waals surface area (Å²) in [5.74, 6) is 0.684. The summed E-state index contributed by atoms with van der Waals surface area (Å²) < 4.78 is 5.80. The van der Waals surface area contributed by atoms with Crippen LogP contribution in [0.3, 0.4) is 0 Å². The second-order valence-corrected chi connectivity index (χ2v) is 5.16. The Kier molecular flexibility index (Phi) is 4.55. The molecule has 2 heterocycles. The molecule has 2 N–H and O–H groups in total. The van der Waals surface area contributed by atoms with Crippen molar-refractivity contribution in [2.75, 3.05) is 20.2 Å². The first-order valence-corrected chi connectivity index (χ1v) is 6.71. The fourth-order valence-corrected chi connectivity index (χ4v) is 2.32. The Morgan fingerprint density at radius 1 is 1.56 bits per heavy atom. The van der Waals surface area contributed by atoms with Gasteiger partial charge in [-0.3, -0.25) is 0 Å². The number of nitrogens with two attached hydrogens (primary N) is 1. The molecule has 2 atom stereocenters. The minimum atomic E-state index is 0.0210. The fourth-order valence-electron chi connectivity index (χ4n) is 2.32. The van der Waals surface area contributed by atoms with Crippen LogP contribution in [0.1, 0.15) is 37.8 Å². The van der Waals surface area contributed by atoms with Crippen LogP contribution in [0.5, 0.6) is 5.88 Å². The summed E-state index contributed by atoms with van der Waals surface area (Å²) in [6.07, 6.45) is 5.57. The Bertz CT molecular complexity index is 381. The molecule has 0 bridgehead atoms. The zero-order valence-electron chi connectivity index (χ0n) is 11.3. The van der Waals surface area contributed by atoms with Crippen LogP contribution in [0.4, 0.5) is 0 Å². The summed E-state index contributed by atoms with van der Waals surface area (Å²) in [5.41, 5.74) is 6.92. The van der Waals surface area contributed by atoms with E-state index in [0.29, 0.717) is 18.5 Å². The summed E-state index contributed by atoms with van der Waals surface area (Å²) in [4.78, 5) is 6.61. The molecule has 0 radical (unpaired) electrons. The third-order valence-corrected chi connectivity index (χ3v) is 3.63. The molecule has 0 aliphatic carbocycles. The summed E-state index contributed by atoms with van der Waals surface area (Å²) in [6.45, 7) is 3.85. The second-order valence-electron chi connectivity index (χ2n) is 5.16. The SMILES string of the molecule is C[C@@H](N)c1ccnc(OCC2CCCCN2C)c1. The molecule has 1 aromatic rings. The molecule has 2 rings (SSSR count). The van der Waals surface area contributed by atoms with Gasteiger partial charge in [0.1, 0.15) is 6.61 Å². The number of aromatic nitrogens is 1. The van der Waals surface area contributed by atoms with E-state index in [1.54, 1.807) is 6.20 Å². The summed E-state index contributed by atoms with van der Waals surface area (Å²) in [6, 6.07) is 4.41. The van der Waals surface area contributed by atoms with E-state index in [1.165, 1.54) is 25.8 Å². The van der Waals surface area contributed by atoms with Crippen LogP contribution >= 0.6 is 0 Å². The van der Waals surface area contributed by atoms with Crippen LogP contribution in [-0.2, 0) is 0 Å². The van der Waals surface area contributed by atoms with Crippen molar-refractivity contribution in [3.8, 4) is 5.88 Å². The summed E-state index contributed by atoms with van der Waals surface area (Å²) >= 11 is 0. The molecule has 1 aliphatic heterocycles. The molecule has 1 saturated heterocycles. The number of rotatable bonds is 4. The van der Waals surface area contributed by atoms with Gasteiger partial charge in [0.2, 0.25) is 5.88 Å². The fraction of sp³-hybridized carbons (Fsp3) is 0.643. The smallest absolute Gasteiger partial charge is 0.213 e. The van der Waals surface area contributed by atoms with E-state index >= 15 is 0 Å². The van der Waals surface area contributed by atoms with Gasteiger partial charge >= 0.3 is 0 Å². The van der Waals surface area contributed by atoms with Gasteiger partial charge in [0.25, 0.3) is 0 Å². The van der Waals surface area contributed by atoms with E-state index in [9.17, 15) is 0 Å². The molecule has 1 fully saturated rings. The maximum Gasteiger partial charge on any atom is 0.213 e. The van der Waals surface area contributed by atoms with Gasteiger partial charge in [0.05, 0.1) is 0 Å². The number of nitrogens with zero attached hydrogens (tertiary/aromatic N) is 2. The van der Waals surface area contributed by atoms with Crippen molar-refractivity contribution in [1.82, 2.24) is 9.88 Å².